The van der Waals surface area contributed by atoms with E-state index in [1.54, 1.807) is 6.07 Å². The van der Waals surface area contributed by atoms with E-state index in [9.17, 15) is 10.1 Å². The number of hydrogen-bond donors (Lipinski definition) is 0. The Bertz CT molecular complexity index is 459. The topological polar surface area (TPSA) is 49.6 Å². The first-order valence-electron chi connectivity index (χ1n) is 6.46. The van der Waals surface area contributed by atoms with Gasteiger partial charge in [0, 0.05) is 43.5 Å². The highest BCUT2D eigenvalue weighted by atomic mass is 35.5. The molecule has 0 atom stereocenters. The third-order valence-electron chi connectivity index (χ3n) is 3.59. The largest absolute Gasteiger partial charge is 0.369 e. The Morgan fingerprint density at radius 2 is 2.00 bits per heavy atom. The summed E-state index contributed by atoms with van der Waals surface area (Å²) in [6.07, 6.45) is 0. The molecule has 0 aromatic heterocycles. The van der Waals surface area contributed by atoms with E-state index >= 15 is 0 Å². The van der Waals surface area contributed by atoms with Crippen molar-refractivity contribution in [1.82, 2.24) is 4.90 Å². The van der Waals surface area contributed by atoms with Gasteiger partial charge in [0.2, 0.25) is 0 Å². The Kier molecular flexibility index (Phi) is 4.61. The highest BCUT2D eigenvalue weighted by Gasteiger charge is 2.19. The Labute approximate surface area is 117 Å². The van der Waals surface area contributed by atoms with Crippen molar-refractivity contribution >= 4 is 23.0 Å². The van der Waals surface area contributed by atoms with Crippen LogP contribution in [0.3, 0.4) is 0 Å². The second-order valence-corrected chi connectivity index (χ2v) is 4.89. The predicted molar refractivity (Wildman–Crippen MR) is 77.0 cm³/mol. The smallest absolute Gasteiger partial charge is 0.273 e. The molecule has 0 amide bonds. The standard InChI is InChI=1S/C13H18ClN3O2/c1-2-15-5-7-16(8-6-15)12-3-4-13(17(18)19)11(9-12)10-14/h3-4,9H,2,5-8,10H2,1H3. The number of rotatable bonds is 4. The Hall–Kier alpha value is -1.33. The van der Waals surface area contributed by atoms with Crippen LogP contribution in [0, 0.1) is 10.1 Å². The lowest BCUT2D eigenvalue weighted by atomic mass is 10.1. The van der Waals surface area contributed by atoms with E-state index in [1.807, 2.05) is 12.1 Å². The Balaban J connectivity index is 2.15. The summed E-state index contributed by atoms with van der Waals surface area (Å²) in [5.74, 6) is 0.166. The van der Waals surface area contributed by atoms with Gasteiger partial charge in [-0.05, 0) is 18.7 Å². The van der Waals surface area contributed by atoms with Gasteiger partial charge >= 0.3 is 0 Å². The number of nitro benzene ring substituents is 1. The third kappa shape index (κ3) is 3.16. The molecule has 6 heteroatoms. The van der Waals surface area contributed by atoms with Crippen molar-refractivity contribution in [3.63, 3.8) is 0 Å². The van der Waals surface area contributed by atoms with E-state index in [0.29, 0.717) is 5.56 Å². The molecule has 2 rings (SSSR count). The number of nitrogens with zero attached hydrogens (tertiary/aromatic N) is 3. The van der Waals surface area contributed by atoms with Crippen LogP contribution in [0.1, 0.15) is 12.5 Å². The summed E-state index contributed by atoms with van der Waals surface area (Å²) < 4.78 is 0. The molecule has 1 aliphatic heterocycles. The molecule has 0 N–H and O–H groups in total. The summed E-state index contributed by atoms with van der Waals surface area (Å²) in [5.41, 5.74) is 1.71. The molecule has 1 aromatic carbocycles. The third-order valence-corrected chi connectivity index (χ3v) is 3.88. The second-order valence-electron chi connectivity index (χ2n) is 4.63. The minimum atomic E-state index is -0.378. The number of hydrogen-bond acceptors (Lipinski definition) is 4. The lowest BCUT2D eigenvalue weighted by Crippen LogP contribution is -2.46. The van der Waals surface area contributed by atoms with Crippen LogP contribution in [0.15, 0.2) is 18.2 Å². The van der Waals surface area contributed by atoms with Crippen molar-refractivity contribution in [1.29, 1.82) is 0 Å². The monoisotopic (exact) mass is 283 g/mol. The number of benzene rings is 1. The fraction of sp³-hybridized carbons (Fsp3) is 0.538. The van der Waals surface area contributed by atoms with E-state index < -0.39 is 0 Å². The molecule has 0 radical (unpaired) electrons. The quantitative estimate of drug-likeness (QED) is 0.484. The van der Waals surface area contributed by atoms with Gasteiger partial charge in [0.1, 0.15) is 0 Å². The van der Waals surface area contributed by atoms with Gasteiger partial charge in [-0.15, -0.1) is 11.6 Å². The summed E-state index contributed by atoms with van der Waals surface area (Å²) in [7, 11) is 0. The fourth-order valence-electron chi connectivity index (χ4n) is 2.38. The van der Waals surface area contributed by atoms with Gasteiger partial charge in [0.05, 0.1) is 10.8 Å². The van der Waals surface area contributed by atoms with Crippen molar-refractivity contribution in [3.05, 3.63) is 33.9 Å². The van der Waals surface area contributed by atoms with Crippen LogP contribution < -0.4 is 4.90 Å². The molecule has 1 heterocycles. The van der Waals surface area contributed by atoms with Crippen molar-refractivity contribution in [2.24, 2.45) is 0 Å². The number of nitro groups is 1. The van der Waals surface area contributed by atoms with E-state index in [4.69, 9.17) is 11.6 Å². The molecule has 19 heavy (non-hydrogen) atoms. The second kappa shape index (κ2) is 6.21. The van der Waals surface area contributed by atoms with Gasteiger partial charge in [-0.25, -0.2) is 0 Å². The molecular formula is C13H18ClN3O2. The molecule has 5 nitrogen and oxygen atoms in total. The van der Waals surface area contributed by atoms with E-state index in [1.165, 1.54) is 0 Å². The van der Waals surface area contributed by atoms with Crippen molar-refractivity contribution in [2.75, 3.05) is 37.6 Å². The predicted octanol–water partition coefficient (Wildman–Crippen LogP) is 2.48. The van der Waals surface area contributed by atoms with Gasteiger partial charge in [-0.1, -0.05) is 6.92 Å². The molecule has 1 saturated heterocycles. The maximum atomic E-state index is 10.9. The summed E-state index contributed by atoms with van der Waals surface area (Å²) in [6, 6.07) is 5.21. The van der Waals surface area contributed by atoms with Crippen LogP contribution in [0.4, 0.5) is 11.4 Å². The molecule has 0 spiro atoms. The molecule has 0 saturated carbocycles. The molecule has 0 unspecified atom stereocenters. The number of piperazine rings is 1. The normalized spacial score (nSPS) is 16.6. The summed E-state index contributed by atoms with van der Waals surface area (Å²) in [4.78, 5) is 15.1. The Morgan fingerprint density at radius 1 is 1.32 bits per heavy atom. The lowest BCUT2D eigenvalue weighted by Gasteiger charge is -2.35. The number of alkyl halides is 1. The first kappa shape index (κ1) is 14.1. The van der Waals surface area contributed by atoms with Crippen LogP contribution in [0.25, 0.3) is 0 Å². The molecule has 1 aliphatic rings. The van der Waals surface area contributed by atoms with E-state index in [2.05, 4.69) is 16.7 Å². The first-order valence-corrected chi connectivity index (χ1v) is 6.99. The number of anilines is 1. The molecule has 104 valence electrons. The maximum Gasteiger partial charge on any atom is 0.273 e. The summed E-state index contributed by atoms with van der Waals surface area (Å²) in [6.45, 7) is 7.20. The molecule has 1 fully saturated rings. The van der Waals surface area contributed by atoms with Gasteiger partial charge in [-0.3, -0.25) is 10.1 Å². The van der Waals surface area contributed by atoms with Crippen LogP contribution in [-0.4, -0.2) is 42.5 Å². The SMILES string of the molecule is CCN1CCN(c2ccc([N+](=O)[O-])c(CCl)c2)CC1. The van der Waals surface area contributed by atoms with E-state index in [-0.39, 0.29) is 16.5 Å². The van der Waals surface area contributed by atoms with Gasteiger partial charge in [0.25, 0.3) is 5.69 Å². The zero-order valence-corrected chi connectivity index (χ0v) is 11.8. The Morgan fingerprint density at radius 3 is 2.53 bits per heavy atom. The fourth-order valence-corrected chi connectivity index (χ4v) is 2.59. The molecule has 1 aromatic rings. The van der Waals surface area contributed by atoms with Gasteiger partial charge in [0.15, 0.2) is 0 Å². The molecule has 0 aliphatic carbocycles. The van der Waals surface area contributed by atoms with Gasteiger partial charge in [-0.2, -0.15) is 0 Å². The highest BCUT2D eigenvalue weighted by molar-refractivity contribution is 6.17. The van der Waals surface area contributed by atoms with Crippen molar-refractivity contribution in [3.8, 4) is 0 Å². The molecular weight excluding hydrogens is 266 g/mol. The maximum absolute atomic E-state index is 10.9. The van der Waals surface area contributed by atoms with Crippen LogP contribution in [0.2, 0.25) is 0 Å². The van der Waals surface area contributed by atoms with Crippen LogP contribution in [0.5, 0.6) is 0 Å². The van der Waals surface area contributed by atoms with E-state index in [0.717, 1.165) is 38.4 Å². The minimum Gasteiger partial charge on any atom is -0.369 e. The first-order chi connectivity index (χ1) is 9.15. The lowest BCUT2D eigenvalue weighted by molar-refractivity contribution is -0.385. The zero-order valence-electron chi connectivity index (χ0n) is 11.0. The summed E-state index contributed by atoms with van der Waals surface area (Å²) >= 11 is 5.80. The van der Waals surface area contributed by atoms with Crippen LogP contribution in [-0.2, 0) is 5.88 Å². The number of likely N-dealkylation sites (N-methyl/N-ethyl adjacent to an activating group) is 1. The number of halogens is 1. The molecule has 0 bridgehead atoms. The van der Waals surface area contributed by atoms with Crippen LogP contribution >= 0.6 is 11.6 Å². The highest BCUT2D eigenvalue weighted by Crippen LogP contribution is 2.27. The van der Waals surface area contributed by atoms with Crippen molar-refractivity contribution in [2.45, 2.75) is 12.8 Å². The van der Waals surface area contributed by atoms with Gasteiger partial charge < -0.3 is 9.80 Å². The average Bonchev–Trinajstić information content (AvgIpc) is 2.46. The van der Waals surface area contributed by atoms with Crippen molar-refractivity contribution < 1.29 is 4.92 Å². The zero-order chi connectivity index (χ0) is 13.8. The average molecular weight is 284 g/mol. The minimum absolute atomic E-state index is 0.103. The summed E-state index contributed by atoms with van der Waals surface area (Å²) in [5, 5.41) is 10.9.